The summed E-state index contributed by atoms with van der Waals surface area (Å²) in [4.78, 5) is 56.1. The van der Waals surface area contributed by atoms with Crippen LogP contribution in [0.3, 0.4) is 0 Å². The molecule has 1 aromatic carbocycles. The minimum atomic E-state index is -4.78. The van der Waals surface area contributed by atoms with Crippen LogP contribution in [0, 0.1) is 12.7 Å². The third kappa shape index (κ3) is 5.86. The molecule has 7 rings (SSSR count). The number of hydrogen-bond acceptors (Lipinski definition) is 10. The van der Waals surface area contributed by atoms with Gasteiger partial charge in [0.2, 0.25) is 17.2 Å². The van der Waals surface area contributed by atoms with Crippen molar-refractivity contribution in [1.82, 2.24) is 39.4 Å². The molecule has 1 fully saturated rings. The van der Waals surface area contributed by atoms with Crippen LogP contribution in [0.25, 0.3) is 16.9 Å². The summed E-state index contributed by atoms with van der Waals surface area (Å²) in [6.45, 7) is 3.46. The first-order valence-electron chi connectivity index (χ1n) is 16.2. The van der Waals surface area contributed by atoms with Gasteiger partial charge in [-0.2, -0.15) is 13.2 Å². The monoisotopic (exact) mass is 721 g/mol. The van der Waals surface area contributed by atoms with E-state index in [1.807, 2.05) is 6.92 Å². The van der Waals surface area contributed by atoms with Crippen molar-refractivity contribution in [1.29, 1.82) is 0 Å². The van der Waals surface area contributed by atoms with E-state index in [2.05, 4.69) is 30.5 Å². The second kappa shape index (κ2) is 12.7. The molecule has 0 unspecified atom stereocenters. The van der Waals surface area contributed by atoms with Crippen molar-refractivity contribution in [3.63, 3.8) is 0 Å². The molecule has 0 saturated carbocycles. The summed E-state index contributed by atoms with van der Waals surface area (Å²) in [7, 11) is 1.43. The highest BCUT2D eigenvalue weighted by atomic mass is 19.4. The number of carbonyl (C=O) groups is 2. The Hall–Kier alpha value is -5.94. The number of alkyl halides is 3. The summed E-state index contributed by atoms with van der Waals surface area (Å²) in [6, 6.07) is 4.95. The number of aromatic hydroxyl groups is 1. The maximum atomic E-state index is 14.7. The van der Waals surface area contributed by atoms with E-state index in [0.717, 1.165) is 6.07 Å². The number of methoxy groups -OCH3 is 1. The number of aromatic nitrogens is 7. The van der Waals surface area contributed by atoms with E-state index < -0.39 is 52.4 Å². The molecule has 14 nitrogen and oxygen atoms in total. The fraction of sp³-hybridized carbons (Fsp3) is 0.353. The van der Waals surface area contributed by atoms with Crippen molar-refractivity contribution in [3.8, 4) is 17.3 Å². The van der Waals surface area contributed by atoms with Crippen LogP contribution in [0.4, 0.5) is 23.2 Å². The molecule has 5 aromatic rings. The number of ether oxygens (including phenoxy) is 1. The van der Waals surface area contributed by atoms with E-state index in [1.165, 1.54) is 24.4 Å². The summed E-state index contributed by atoms with van der Waals surface area (Å²) in [5.41, 5.74) is -1.26. The smallest absolute Gasteiger partial charge is 0.416 e. The largest absolute Gasteiger partial charge is 0.504 e. The maximum absolute atomic E-state index is 14.7. The minimum absolute atomic E-state index is 0.0450. The molecule has 2 aliphatic rings. The van der Waals surface area contributed by atoms with E-state index in [1.54, 1.807) is 28.5 Å². The first-order chi connectivity index (χ1) is 24.7. The maximum Gasteiger partial charge on any atom is 0.416 e. The Balaban J connectivity index is 1.28. The Morgan fingerprint density at radius 2 is 1.85 bits per heavy atom. The van der Waals surface area contributed by atoms with Gasteiger partial charge in [-0.1, -0.05) is 6.92 Å². The topological polar surface area (TPSA) is 170 Å². The Kier molecular flexibility index (Phi) is 8.41. The quantitative estimate of drug-likeness (QED) is 0.242. The van der Waals surface area contributed by atoms with Crippen LogP contribution in [0.15, 0.2) is 47.7 Å². The number of nitrogens with zero attached hydrogens (tertiary/aromatic N) is 8. The van der Waals surface area contributed by atoms with Crippen LogP contribution in [0.5, 0.6) is 11.6 Å². The van der Waals surface area contributed by atoms with Crippen LogP contribution in [0.2, 0.25) is 0 Å². The van der Waals surface area contributed by atoms with Crippen LogP contribution >= 0.6 is 0 Å². The van der Waals surface area contributed by atoms with Crippen LogP contribution < -0.4 is 15.5 Å². The van der Waals surface area contributed by atoms with Crippen molar-refractivity contribution in [2.75, 3.05) is 25.5 Å². The number of hydrogen-bond donors (Lipinski definition) is 2. The molecule has 0 bridgehead atoms. The summed E-state index contributed by atoms with van der Waals surface area (Å²) in [5.74, 6) is -2.85. The third-order valence-electron chi connectivity index (χ3n) is 9.78. The number of aryl methyl sites for hydroxylation is 1. The van der Waals surface area contributed by atoms with Crippen molar-refractivity contribution >= 4 is 28.7 Å². The number of amides is 2. The summed E-state index contributed by atoms with van der Waals surface area (Å²) in [5, 5.41) is 21.9. The predicted octanol–water partition coefficient (Wildman–Crippen LogP) is 4.27. The van der Waals surface area contributed by atoms with Crippen LogP contribution in [-0.4, -0.2) is 76.5 Å². The highest BCUT2D eigenvalue weighted by Crippen LogP contribution is 2.51. The molecule has 270 valence electrons. The molecule has 5 heterocycles. The molecular weight excluding hydrogens is 690 g/mol. The van der Waals surface area contributed by atoms with E-state index in [-0.39, 0.29) is 53.2 Å². The Morgan fingerprint density at radius 3 is 2.54 bits per heavy atom. The molecule has 1 spiro atoms. The molecule has 4 aromatic heterocycles. The van der Waals surface area contributed by atoms with E-state index in [9.17, 15) is 37.1 Å². The van der Waals surface area contributed by atoms with Crippen molar-refractivity contribution in [2.45, 2.75) is 57.2 Å². The third-order valence-corrected chi connectivity index (χ3v) is 9.78. The second-order valence-electron chi connectivity index (χ2n) is 13.0. The predicted molar refractivity (Wildman–Crippen MR) is 176 cm³/mol. The average Bonchev–Trinajstić information content (AvgIpc) is 3.68. The van der Waals surface area contributed by atoms with Gasteiger partial charge in [0.05, 0.1) is 29.7 Å². The normalized spacial score (nSPS) is 16.7. The zero-order valence-electron chi connectivity index (χ0n) is 28.0. The summed E-state index contributed by atoms with van der Waals surface area (Å²) >= 11 is 0. The van der Waals surface area contributed by atoms with Gasteiger partial charge < -0.3 is 24.6 Å². The Morgan fingerprint density at radius 1 is 1.10 bits per heavy atom. The lowest BCUT2D eigenvalue weighted by Gasteiger charge is -2.39. The van der Waals surface area contributed by atoms with Gasteiger partial charge in [-0.25, -0.2) is 19.3 Å². The summed E-state index contributed by atoms with van der Waals surface area (Å²) in [6.07, 6.45) is -0.855. The summed E-state index contributed by atoms with van der Waals surface area (Å²) < 4.78 is 60.9. The highest BCUT2D eigenvalue weighted by Gasteiger charge is 2.49. The number of anilines is 1. The standard InChI is InChI=1S/C34H31F4N9O5/c1-17-14-33(7-10-45(11-8-33)32(51)27-29(49)18(2)40-16-41-27)25-28(17)46(15-23(48)42-22-5-4-19(12-21(22)35)34(36,37)38)31-26(30(25)50)43-47(44-31)20-6-9-39-24(13-20)52-3/h4-6,9,12-13,16-17,49H,7-8,10-11,14-15H2,1-3H3,(H,42,48)/t17-/m0/s1. The average molecular weight is 722 g/mol. The molecule has 1 saturated heterocycles. The zero-order valence-corrected chi connectivity index (χ0v) is 28.0. The number of piperidine rings is 1. The first kappa shape index (κ1) is 34.5. The molecule has 2 amide bonds. The van der Waals surface area contributed by atoms with Gasteiger partial charge in [0.1, 0.15) is 18.7 Å². The lowest BCUT2D eigenvalue weighted by atomic mass is 9.73. The number of fused-ring (bicyclic) bond motifs is 3. The molecule has 52 heavy (non-hydrogen) atoms. The Bertz CT molecular complexity index is 2320. The SMILES string of the molecule is COc1cc(-n2nc3c(=O)c4c(n(CC(=O)Nc5ccc(C(F)(F)F)cc5F)c3n2)[C@@H](C)CC42CCN(C(=O)c3ncnc(C)c3O)CC2)ccn1. The molecule has 1 aliphatic carbocycles. The number of nitrogens with one attached hydrogen (secondary N) is 1. The molecule has 0 radical (unpaired) electrons. The molecular formula is C34H31F4N9O5. The lowest BCUT2D eigenvalue weighted by molar-refractivity contribution is -0.137. The van der Waals surface area contributed by atoms with E-state index >= 15 is 0 Å². The van der Waals surface area contributed by atoms with Gasteiger partial charge in [-0.05, 0) is 56.4 Å². The minimum Gasteiger partial charge on any atom is -0.504 e. The van der Waals surface area contributed by atoms with Crippen molar-refractivity contribution < 1.29 is 37.0 Å². The highest BCUT2D eigenvalue weighted by molar-refractivity contribution is 5.95. The Labute approximate surface area is 292 Å². The zero-order chi connectivity index (χ0) is 37.1. The van der Waals surface area contributed by atoms with Crippen molar-refractivity contribution in [2.24, 2.45) is 0 Å². The number of carbonyl (C=O) groups excluding carboxylic acids is 2. The van der Waals surface area contributed by atoms with Crippen LogP contribution in [-0.2, 0) is 22.9 Å². The van der Waals surface area contributed by atoms with Crippen molar-refractivity contribution in [3.05, 3.63) is 87.1 Å². The van der Waals surface area contributed by atoms with Gasteiger partial charge in [-0.3, -0.25) is 14.4 Å². The van der Waals surface area contributed by atoms with E-state index in [4.69, 9.17) is 4.74 Å². The van der Waals surface area contributed by atoms with Gasteiger partial charge in [0.15, 0.2) is 22.6 Å². The lowest BCUT2D eigenvalue weighted by Crippen LogP contribution is -2.46. The molecule has 1 aliphatic heterocycles. The van der Waals surface area contributed by atoms with E-state index in [0.29, 0.717) is 48.3 Å². The number of benzene rings is 1. The number of rotatable bonds is 6. The fourth-order valence-corrected chi connectivity index (χ4v) is 7.32. The molecule has 1 atom stereocenters. The number of pyridine rings is 2. The second-order valence-corrected chi connectivity index (χ2v) is 13.0. The van der Waals surface area contributed by atoms with Gasteiger partial charge >= 0.3 is 6.18 Å². The molecule has 18 heteroatoms. The fourth-order valence-electron chi connectivity index (χ4n) is 7.32. The first-order valence-corrected chi connectivity index (χ1v) is 16.2. The van der Waals surface area contributed by atoms with Gasteiger partial charge in [-0.15, -0.1) is 15.0 Å². The van der Waals surface area contributed by atoms with Crippen LogP contribution in [0.1, 0.15) is 65.1 Å². The number of likely N-dealkylation sites (tertiary alicyclic amines) is 1. The number of halogens is 4. The molecule has 2 N–H and O–H groups in total. The van der Waals surface area contributed by atoms with Gasteiger partial charge in [0.25, 0.3) is 5.91 Å². The van der Waals surface area contributed by atoms with Gasteiger partial charge in [0, 0.05) is 42.0 Å².